The van der Waals surface area contributed by atoms with E-state index in [-0.39, 0.29) is 29.4 Å². The largest absolute Gasteiger partial charge is 0.487 e. The minimum atomic E-state index is -4.42. The number of furan rings is 1. The van der Waals surface area contributed by atoms with Gasteiger partial charge in [0.2, 0.25) is 5.91 Å². The van der Waals surface area contributed by atoms with Crippen LogP contribution >= 0.6 is 0 Å². The molecule has 1 atom stereocenters. The Balaban J connectivity index is 1.82. The monoisotopic (exact) mass is 440 g/mol. The first-order valence-corrected chi connectivity index (χ1v) is 9.03. The van der Waals surface area contributed by atoms with Crippen LogP contribution in [0.1, 0.15) is 21.8 Å². The number of nitrogens with two attached hydrogens (primary N) is 1. The van der Waals surface area contributed by atoms with Gasteiger partial charge in [0.15, 0.2) is 0 Å². The Hall–Kier alpha value is -3.54. The molecular weight excluding hydrogens is 421 g/mol. The molecule has 3 aromatic rings. The molecule has 31 heavy (non-hydrogen) atoms. The van der Waals surface area contributed by atoms with Crippen molar-refractivity contribution in [2.75, 3.05) is 6.61 Å². The second-order valence-corrected chi connectivity index (χ2v) is 6.69. The van der Waals surface area contributed by atoms with Gasteiger partial charge in [0.1, 0.15) is 36.3 Å². The van der Waals surface area contributed by atoms with E-state index in [0.717, 1.165) is 4.68 Å². The van der Waals surface area contributed by atoms with Crippen molar-refractivity contribution >= 4 is 22.8 Å². The highest BCUT2D eigenvalue weighted by atomic mass is 19.4. The SMILES string of the molecule is Cc1oc2ccc(OCc3ccnn3CC(F)(F)F)cc2c1C(=O)NC(CO)C(N)=O. The summed E-state index contributed by atoms with van der Waals surface area (Å²) < 4.78 is 49.8. The zero-order chi connectivity index (χ0) is 22.8. The quantitative estimate of drug-likeness (QED) is 0.488. The molecule has 0 fully saturated rings. The maximum Gasteiger partial charge on any atom is 0.408 e. The second-order valence-electron chi connectivity index (χ2n) is 6.69. The summed E-state index contributed by atoms with van der Waals surface area (Å²) in [4.78, 5) is 23.9. The lowest BCUT2D eigenvalue weighted by atomic mass is 10.1. The molecule has 2 heterocycles. The van der Waals surface area contributed by atoms with Crippen LogP contribution in [0.5, 0.6) is 5.75 Å². The van der Waals surface area contributed by atoms with Crippen molar-refractivity contribution in [3.05, 3.63) is 47.5 Å². The number of primary amides is 1. The van der Waals surface area contributed by atoms with Crippen LogP contribution in [0.15, 0.2) is 34.9 Å². The zero-order valence-corrected chi connectivity index (χ0v) is 16.3. The lowest BCUT2D eigenvalue weighted by Gasteiger charge is -2.12. The Labute approximate surface area is 173 Å². The summed E-state index contributed by atoms with van der Waals surface area (Å²) in [6.45, 7) is -0.553. The Morgan fingerprint density at radius 2 is 2.10 bits per heavy atom. The molecule has 3 rings (SSSR count). The lowest BCUT2D eigenvalue weighted by molar-refractivity contribution is -0.143. The Bertz CT molecular complexity index is 1110. The molecule has 0 aliphatic carbocycles. The number of aromatic nitrogens is 2. The van der Waals surface area contributed by atoms with E-state index in [1.54, 1.807) is 13.0 Å². The number of amides is 2. The fourth-order valence-electron chi connectivity index (χ4n) is 2.96. The first-order valence-electron chi connectivity index (χ1n) is 9.03. The van der Waals surface area contributed by atoms with E-state index in [1.165, 1.54) is 24.4 Å². The molecule has 0 radical (unpaired) electrons. The molecule has 1 aromatic carbocycles. The maximum atomic E-state index is 12.6. The number of hydrogen-bond donors (Lipinski definition) is 3. The van der Waals surface area contributed by atoms with Crippen molar-refractivity contribution in [1.29, 1.82) is 0 Å². The fraction of sp³-hybridized carbons (Fsp3) is 0.316. The number of ether oxygens (including phenoxy) is 1. The Morgan fingerprint density at radius 3 is 2.74 bits per heavy atom. The molecule has 2 aromatic heterocycles. The highest BCUT2D eigenvalue weighted by Gasteiger charge is 2.29. The first-order chi connectivity index (χ1) is 14.6. The van der Waals surface area contributed by atoms with Crippen LogP contribution in [0.3, 0.4) is 0 Å². The van der Waals surface area contributed by atoms with Crippen molar-refractivity contribution in [2.24, 2.45) is 5.73 Å². The van der Waals surface area contributed by atoms with Gasteiger partial charge in [-0.1, -0.05) is 0 Å². The maximum absolute atomic E-state index is 12.6. The number of benzene rings is 1. The van der Waals surface area contributed by atoms with Gasteiger partial charge < -0.3 is 25.3 Å². The average Bonchev–Trinajstić information content (AvgIpc) is 3.24. The number of halogens is 3. The van der Waals surface area contributed by atoms with Gasteiger partial charge in [-0.15, -0.1) is 0 Å². The van der Waals surface area contributed by atoms with Crippen molar-refractivity contribution in [3.8, 4) is 5.75 Å². The van der Waals surface area contributed by atoms with Crippen LogP contribution in [0.4, 0.5) is 13.2 Å². The summed E-state index contributed by atoms with van der Waals surface area (Å²) in [5, 5.41) is 15.5. The van der Waals surface area contributed by atoms with Crippen LogP contribution in [-0.4, -0.2) is 45.5 Å². The molecule has 0 aliphatic heterocycles. The number of hydrogen-bond acceptors (Lipinski definition) is 6. The molecule has 0 aliphatic rings. The van der Waals surface area contributed by atoms with E-state index in [4.69, 9.17) is 14.9 Å². The van der Waals surface area contributed by atoms with Gasteiger partial charge in [0, 0.05) is 11.6 Å². The van der Waals surface area contributed by atoms with Crippen LogP contribution < -0.4 is 15.8 Å². The number of aliphatic hydroxyl groups is 1. The lowest BCUT2D eigenvalue weighted by Crippen LogP contribution is -2.46. The van der Waals surface area contributed by atoms with Crippen LogP contribution in [0.2, 0.25) is 0 Å². The Morgan fingerprint density at radius 1 is 1.35 bits per heavy atom. The summed E-state index contributed by atoms with van der Waals surface area (Å²) in [6.07, 6.45) is -3.18. The van der Waals surface area contributed by atoms with Gasteiger partial charge in [-0.25, -0.2) is 0 Å². The molecular formula is C19H19F3N4O5. The van der Waals surface area contributed by atoms with Crippen LogP contribution in [0.25, 0.3) is 11.0 Å². The average molecular weight is 440 g/mol. The molecule has 166 valence electrons. The van der Waals surface area contributed by atoms with Gasteiger partial charge >= 0.3 is 6.18 Å². The number of alkyl halides is 3. The molecule has 0 saturated carbocycles. The third kappa shape index (κ3) is 5.15. The van der Waals surface area contributed by atoms with E-state index in [1.807, 2.05) is 0 Å². The van der Waals surface area contributed by atoms with Crippen LogP contribution in [-0.2, 0) is 17.9 Å². The number of rotatable bonds is 8. The predicted molar refractivity (Wildman–Crippen MR) is 101 cm³/mol. The zero-order valence-electron chi connectivity index (χ0n) is 16.3. The molecule has 1 unspecified atom stereocenters. The topological polar surface area (TPSA) is 133 Å². The van der Waals surface area contributed by atoms with E-state index >= 15 is 0 Å². The van der Waals surface area contributed by atoms with Crippen LogP contribution in [0, 0.1) is 6.92 Å². The van der Waals surface area contributed by atoms with E-state index in [9.17, 15) is 27.9 Å². The highest BCUT2D eigenvalue weighted by Crippen LogP contribution is 2.29. The summed E-state index contributed by atoms with van der Waals surface area (Å²) in [5.41, 5.74) is 5.81. The molecule has 4 N–H and O–H groups in total. The van der Waals surface area contributed by atoms with Crippen molar-refractivity contribution in [2.45, 2.75) is 32.3 Å². The fourth-order valence-corrected chi connectivity index (χ4v) is 2.96. The first kappa shape index (κ1) is 22.2. The predicted octanol–water partition coefficient (Wildman–Crippen LogP) is 1.66. The molecule has 2 amide bonds. The van der Waals surface area contributed by atoms with Gasteiger partial charge in [0.25, 0.3) is 5.91 Å². The minimum absolute atomic E-state index is 0.113. The summed E-state index contributed by atoms with van der Waals surface area (Å²) in [7, 11) is 0. The number of nitrogens with one attached hydrogen (secondary N) is 1. The smallest absolute Gasteiger partial charge is 0.408 e. The molecule has 0 saturated heterocycles. The third-order valence-corrected chi connectivity index (χ3v) is 4.41. The number of fused-ring (bicyclic) bond motifs is 1. The van der Waals surface area contributed by atoms with Gasteiger partial charge in [0.05, 0.1) is 17.9 Å². The minimum Gasteiger partial charge on any atom is -0.487 e. The van der Waals surface area contributed by atoms with Gasteiger partial charge in [-0.05, 0) is 31.2 Å². The van der Waals surface area contributed by atoms with Crippen molar-refractivity contribution < 1.29 is 37.0 Å². The normalized spacial score (nSPS) is 12.7. The van der Waals surface area contributed by atoms with E-state index in [2.05, 4.69) is 10.4 Å². The molecule has 12 heteroatoms. The highest BCUT2D eigenvalue weighted by molar-refractivity contribution is 6.08. The standard InChI is InChI=1S/C19H19F3N4O5/c1-10-16(18(29)25-14(7-27)17(23)28)13-6-12(2-3-15(13)31-10)30-8-11-4-5-24-26(11)9-19(20,21)22/h2-6,14,27H,7-9H2,1H3,(H2,23,28)(H,25,29). The number of carbonyl (C=O) groups excluding carboxylic acids is 2. The van der Waals surface area contributed by atoms with E-state index in [0.29, 0.717) is 11.0 Å². The summed E-state index contributed by atoms with van der Waals surface area (Å²) >= 11 is 0. The molecule has 0 bridgehead atoms. The van der Waals surface area contributed by atoms with Crippen molar-refractivity contribution in [1.82, 2.24) is 15.1 Å². The second kappa shape index (κ2) is 8.68. The molecule has 0 spiro atoms. The van der Waals surface area contributed by atoms with Gasteiger partial charge in [-0.2, -0.15) is 18.3 Å². The molecule has 9 nitrogen and oxygen atoms in total. The summed E-state index contributed by atoms with van der Waals surface area (Å²) in [5.74, 6) is -1.06. The third-order valence-electron chi connectivity index (χ3n) is 4.41. The number of aliphatic hydroxyl groups excluding tert-OH is 1. The number of nitrogens with zero attached hydrogens (tertiary/aromatic N) is 2. The van der Waals surface area contributed by atoms with E-state index < -0.39 is 37.2 Å². The number of aryl methyl sites for hydroxylation is 1. The van der Waals surface area contributed by atoms with Crippen molar-refractivity contribution in [3.63, 3.8) is 0 Å². The number of carbonyl (C=O) groups is 2. The summed E-state index contributed by atoms with van der Waals surface area (Å²) in [6, 6.07) is 4.70. The van der Waals surface area contributed by atoms with Gasteiger partial charge in [-0.3, -0.25) is 14.3 Å². The Kier molecular flexibility index (Phi) is 6.20.